The molecule has 0 bridgehead atoms. The van der Waals surface area contributed by atoms with Crippen LogP contribution in [0.25, 0.3) is 0 Å². The summed E-state index contributed by atoms with van der Waals surface area (Å²) in [6.45, 7) is 9.12. The average Bonchev–Trinajstić information content (AvgIpc) is 2.39. The molecule has 0 aliphatic rings. The highest BCUT2D eigenvalue weighted by molar-refractivity contribution is 6.33. The molecule has 0 fully saturated rings. The fourth-order valence-corrected chi connectivity index (χ4v) is 2.27. The molecule has 4 heteroatoms. The number of halogens is 1. The van der Waals surface area contributed by atoms with Crippen molar-refractivity contribution in [1.82, 2.24) is 5.32 Å². The van der Waals surface area contributed by atoms with Crippen molar-refractivity contribution in [3.05, 3.63) is 28.8 Å². The fraction of sp³-hybridized carbons (Fsp3) is 0.600. The molecule has 0 saturated carbocycles. The predicted molar refractivity (Wildman–Crippen MR) is 83.0 cm³/mol. The van der Waals surface area contributed by atoms with Crippen molar-refractivity contribution >= 4 is 17.3 Å². The van der Waals surface area contributed by atoms with Gasteiger partial charge in [0.2, 0.25) is 0 Å². The number of rotatable bonds is 8. The van der Waals surface area contributed by atoms with E-state index in [4.69, 9.17) is 16.7 Å². The van der Waals surface area contributed by atoms with Crippen LogP contribution in [0.15, 0.2) is 18.2 Å². The van der Waals surface area contributed by atoms with Crippen molar-refractivity contribution in [3.8, 4) is 0 Å². The lowest BCUT2D eigenvalue weighted by molar-refractivity contribution is 0.289. The standard InChI is InChI=1S/C15H25ClN2O/c1-4-18(8-5-9-19)15-7-6-13(10-14(15)16)11-17-12(2)3/h6-7,10,12,17,19H,4-5,8-9,11H2,1-3H3. The molecule has 0 aliphatic heterocycles. The third kappa shape index (κ3) is 5.39. The summed E-state index contributed by atoms with van der Waals surface area (Å²) >= 11 is 6.37. The molecule has 1 aromatic carbocycles. The Labute approximate surface area is 121 Å². The summed E-state index contributed by atoms with van der Waals surface area (Å²) in [7, 11) is 0. The number of aliphatic hydroxyl groups excluding tert-OH is 1. The summed E-state index contributed by atoms with van der Waals surface area (Å²) in [5, 5.41) is 13.1. The maximum absolute atomic E-state index is 8.93. The lowest BCUT2D eigenvalue weighted by Gasteiger charge is -2.24. The first-order valence-electron chi connectivity index (χ1n) is 6.96. The highest BCUT2D eigenvalue weighted by atomic mass is 35.5. The van der Waals surface area contributed by atoms with E-state index in [-0.39, 0.29) is 6.61 Å². The van der Waals surface area contributed by atoms with Gasteiger partial charge in [0.25, 0.3) is 0 Å². The van der Waals surface area contributed by atoms with Gasteiger partial charge in [-0.05, 0) is 31.0 Å². The van der Waals surface area contributed by atoms with Crippen LogP contribution in [0.1, 0.15) is 32.8 Å². The minimum Gasteiger partial charge on any atom is -0.396 e. The van der Waals surface area contributed by atoms with E-state index in [1.165, 1.54) is 5.56 Å². The Kier molecular flexibility index (Phi) is 7.21. The van der Waals surface area contributed by atoms with Crippen LogP contribution in [0, 0.1) is 0 Å². The van der Waals surface area contributed by atoms with E-state index in [0.717, 1.165) is 36.8 Å². The van der Waals surface area contributed by atoms with Crippen molar-refractivity contribution in [2.75, 3.05) is 24.6 Å². The van der Waals surface area contributed by atoms with Crippen LogP contribution < -0.4 is 10.2 Å². The lowest BCUT2D eigenvalue weighted by atomic mass is 10.1. The second kappa shape index (κ2) is 8.41. The fourth-order valence-electron chi connectivity index (χ4n) is 1.95. The number of aliphatic hydroxyl groups is 1. The second-order valence-corrected chi connectivity index (χ2v) is 5.39. The molecule has 1 rings (SSSR count). The molecule has 0 amide bonds. The zero-order valence-corrected chi connectivity index (χ0v) is 12.9. The summed E-state index contributed by atoms with van der Waals surface area (Å²) in [6, 6.07) is 6.67. The molecule has 0 radical (unpaired) electrons. The average molecular weight is 285 g/mol. The molecule has 0 spiro atoms. The number of hydrogen-bond acceptors (Lipinski definition) is 3. The van der Waals surface area contributed by atoms with E-state index in [1.54, 1.807) is 0 Å². The number of nitrogens with zero attached hydrogens (tertiary/aromatic N) is 1. The van der Waals surface area contributed by atoms with Gasteiger partial charge in [-0.15, -0.1) is 0 Å². The number of nitrogens with one attached hydrogen (secondary N) is 1. The Hall–Kier alpha value is -0.770. The molecule has 1 aromatic rings. The topological polar surface area (TPSA) is 35.5 Å². The molecular weight excluding hydrogens is 260 g/mol. The maximum Gasteiger partial charge on any atom is 0.0642 e. The molecule has 0 aliphatic carbocycles. The van der Waals surface area contributed by atoms with Crippen molar-refractivity contribution in [2.24, 2.45) is 0 Å². The molecule has 19 heavy (non-hydrogen) atoms. The maximum atomic E-state index is 8.93. The van der Waals surface area contributed by atoms with Crippen LogP contribution in [-0.4, -0.2) is 30.8 Å². The van der Waals surface area contributed by atoms with Crippen LogP contribution in [0.4, 0.5) is 5.69 Å². The van der Waals surface area contributed by atoms with Gasteiger partial charge in [-0.3, -0.25) is 0 Å². The molecule has 2 N–H and O–H groups in total. The molecule has 0 unspecified atom stereocenters. The van der Waals surface area contributed by atoms with E-state index in [9.17, 15) is 0 Å². The Morgan fingerprint density at radius 2 is 2.11 bits per heavy atom. The summed E-state index contributed by atoms with van der Waals surface area (Å²) in [5.74, 6) is 0. The van der Waals surface area contributed by atoms with Gasteiger partial charge in [-0.25, -0.2) is 0 Å². The Balaban J connectivity index is 2.74. The summed E-state index contributed by atoms with van der Waals surface area (Å²) in [5.41, 5.74) is 2.24. The minimum absolute atomic E-state index is 0.213. The van der Waals surface area contributed by atoms with E-state index < -0.39 is 0 Å². The molecule has 108 valence electrons. The minimum atomic E-state index is 0.213. The third-order valence-corrected chi connectivity index (χ3v) is 3.34. The van der Waals surface area contributed by atoms with Gasteiger partial charge < -0.3 is 15.3 Å². The molecular formula is C15H25ClN2O. The Morgan fingerprint density at radius 3 is 2.63 bits per heavy atom. The van der Waals surface area contributed by atoms with Crippen LogP contribution in [0.3, 0.4) is 0 Å². The molecule has 0 aromatic heterocycles. The van der Waals surface area contributed by atoms with E-state index in [0.29, 0.717) is 6.04 Å². The quantitative estimate of drug-likeness (QED) is 0.770. The molecule has 0 atom stereocenters. The zero-order valence-electron chi connectivity index (χ0n) is 12.1. The highest BCUT2D eigenvalue weighted by Crippen LogP contribution is 2.27. The zero-order chi connectivity index (χ0) is 14.3. The van der Waals surface area contributed by atoms with E-state index in [2.05, 4.69) is 43.1 Å². The summed E-state index contributed by atoms with van der Waals surface area (Å²) < 4.78 is 0. The van der Waals surface area contributed by atoms with Crippen LogP contribution in [-0.2, 0) is 6.54 Å². The first-order chi connectivity index (χ1) is 9.08. The van der Waals surface area contributed by atoms with E-state index >= 15 is 0 Å². The van der Waals surface area contributed by atoms with Gasteiger partial charge in [0.1, 0.15) is 0 Å². The number of benzene rings is 1. The third-order valence-electron chi connectivity index (χ3n) is 3.04. The van der Waals surface area contributed by atoms with Gasteiger partial charge in [-0.1, -0.05) is 31.5 Å². The second-order valence-electron chi connectivity index (χ2n) is 4.98. The summed E-state index contributed by atoms with van der Waals surface area (Å²) in [4.78, 5) is 2.19. The normalized spacial score (nSPS) is 11.1. The van der Waals surface area contributed by atoms with Gasteiger partial charge in [0.05, 0.1) is 10.7 Å². The molecule has 3 nitrogen and oxygen atoms in total. The molecule has 0 heterocycles. The lowest BCUT2D eigenvalue weighted by Crippen LogP contribution is -2.25. The monoisotopic (exact) mass is 284 g/mol. The van der Waals surface area contributed by atoms with Gasteiger partial charge >= 0.3 is 0 Å². The van der Waals surface area contributed by atoms with Gasteiger partial charge in [0.15, 0.2) is 0 Å². The van der Waals surface area contributed by atoms with Crippen molar-refractivity contribution in [1.29, 1.82) is 0 Å². The first-order valence-corrected chi connectivity index (χ1v) is 7.33. The highest BCUT2D eigenvalue weighted by Gasteiger charge is 2.09. The number of hydrogen-bond donors (Lipinski definition) is 2. The summed E-state index contributed by atoms with van der Waals surface area (Å²) in [6.07, 6.45) is 0.765. The van der Waals surface area contributed by atoms with Crippen molar-refractivity contribution in [2.45, 2.75) is 39.8 Å². The number of anilines is 1. The van der Waals surface area contributed by atoms with Crippen LogP contribution in [0.5, 0.6) is 0 Å². The Bertz CT molecular complexity index is 382. The largest absolute Gasteiger partial charge is 0.396 e. The van der Waals surface area contributed by atoms with Crippen LogP contribution >= 0.6 is 11.6 Å². The van der Waals surface area contributed by atoms with Crippen molar-refractivity contribution < 1.29 is 5.11 Å². The Morgan fingerprint density at radius 1 is 1.37 bits per heavy atom. The first kappa shape index (κ1) is 16.3. The van der Waals surface area contributed by atoms with Crippen molar-refractivity contribution in [3.63, 3.8) is 0 Å². The van der Waals surface area contributed by atoms with Crippen LogP contribution in [0.2, 0.25) is 5.02 Å². The molecule has 0 saturated heterocycles. The van der Waals surface area contributed by atoms with Gasteiger partial charge in [0, 0.05) is 32.3 Å². The van der Waals surface area contributed by atoms with E-state index in [1.807, 2.05) is 6.07 Å². The van der Waals surface area contributed by atoms with Gasteiger partial charge in [-0.2, -0.15) is 0 Å². The predicted octanol–water partition coefficient (Wildman–Crippen LogP) is 3.05. The SMILES string of the molecule is CCN(CCCO)c1ccc(CNC(C)C)cc1Cl. The smallest absolute Gasteiger partial charge is 0.0642 e.